The molecule has 0 unspecified atom stereocenters. The van der Waals surface area contributed by atoms with Crippen molar-refractivity contribution in [2.45, 2.75) is 26.8 Å². The second-order valence-electron chi connectivity index (χ2n) is 7.22. The van der Waals surface area contributed by atoms with Gasteiger partial charge in [0.1, 0.15) is 0 Å². The lowest BCUT2D eigenvalue weighted by Crippen LogP contribution is -2.38. The summed E-state index contributed by atoms with van der Waals surface area (Å²) < 4.78 is 5.06. The first kappa shape index (κ1) is 20.3. The molecule has 1 N–H and O–H groups in total. The van der Waals surface area contributed by atoms with Crippen LogP contribution in [-0.4, -0.2) is 36.3 Å². The van der Waals surface area contributed by atoms with Gasteiger partial charge in [-0.15, -0.1) is 0 Å². The van der Waals surface area contributed by atoms with E-state index in [4.69, 9.17) is 4.74 Å². The van der Waals surface area contributed by atoms with Gasteiger partial charge in [-0.2, -0.15) is 0 Å². The van der Waals surface area contributed by atoms with E-state index < -0.39 is 30.3 Å². The molecule has 0 fully saturated rings. The van der Waals surface area contributed by atoms with E-state index in [1.54, 1.807) is 36.4 Å². The van der Waals surface area contributed by atoms with Crippen LogP contribution in [0.25, 0.3) is 0 Å². The summed E-state index contributed by atoms with van der Waals surface area (Å²) in [7, 11) is 0. The monoisotopic (exact) mass is 394 g/mol. The first-order valence-electron chi connectivity index (χ1n) is 9.34. The summed E-state index contributed by atoms with van der Waals surface area (Å²) in [6.07, 6.45) is 0. The van der Waals surface area contributed by atoms with Crippen LogP contribution < -0.4 is 10.2 Å². The number of carbonyl (C=O) groups is 4. The van der Waals surface area contributed by atoms with Crippen LogP contribution in [0.2, 0.25) is 0 Å². The molecule has 1 aliphatic heterocycles. The molecule has 0 aliphatic carbocycles. The average Bonchev–Trinajstić information content (AvgIpc) is 2.97. The van der Waals surface area contributed by atoms with Gasteiger partial charge in [0, 0.05) is 6.04 Å². The summed E-state index contributed by atoms with van der Waals surface area (Å²) in [5, 5.41) is 2.75. The molecule has 0 saturated heterocycles. The maximum atomic E-state index is 12.6. The zero-order valence-corrected chi connectivity index (χ0v) is 16.5. The van der Waals surface area contributed by atoms with Gasteiger partial charge in [-0.3, -0.25) is 14.4 Å². The molecule has 7 heteroatoms. The van der Waals surface area contributed by atoms with Gasteiger partial charge >= 0.3 is 5.97 Å². The van der Waals surface area contributed by atoms with E-state index in [9.17, 15) is 19.2 Å². The number of carbonyl (C=O) groups excluding carboxylic acids is 4. The molecule has 0 saturated carbocycles. The summed E-state index contributed by atoms with van der Waals surface area (Å²) in [6, 6.07) is 12.5. The normalized spacial score (nSPS) is 14.0. The van der Waals surface area contributed by atoms with E-state index in [-0.39, 0.29) is 23.2 Å². The Morgan fingerprint density at radius 2 is 1.59 bits per heavy atom. The largest absolute Gasteiger partial charge is 0.452 e. The minimum Gasteiger partial charge on any atom is -0.452 e. The van der Waals surface area contributed by atoms with Crippen LogP contribution in [0.4, 0.5) is 5.69 Å². The van der Waals surface area contributed by atoms with Crippen molar-refractivity contribution < 1.29 is 23.9 Å². The predicted octanol–water partition coefficient (Wildman–Crippen LogP) is 2.80. The standard InChI is InChI=1S/C22H22N2O5/c1-13(2)14(3)23-19(25)12-29-22(28)15-7-6-8-16(11-15)24-20(26)17-9-4-5-10-18(17)21(24)27/h4-11,13-14H,12H2,1-3H3,(H,23,25)/t14-/m0/s1. The highest BCUT2D eigenvalue weighted by molar-refractivity contribution is 6.34. The number of nitrogens with one attached hydrogen (secondary N) is 1. The lowest BCUT2D eigenvalue weighted by Gasteiger charge is -2.17. The Morgan fingerprint density at radius 3 is 2.17 bits per heavy atom. The maximum Gasteiger partial charge on any atom is 0.338 e. The van der Waals surface area contributed by atoms with Crippen LogP contribution in [-0.2, 0) is 9.53 Å². The molecule has 1 atom stereocenters. The van der Waals surface area contributed by atoms with Crippen LogP contribution in [0.5, 0.6) is 0 Å². The molecule has 0 bridgehead atoms. The molecule has 2 aromatic carbocycles. The van der Waals surface area contributed by atoms with Gasteiger partial charge in [0.25, 0.3) is 17.7 Å². The number of esters is 1. The summed E-state index contributed by atoms with van der Waals surface area (Å²) in [5.41, 5.74) is 1.05. The van der Waals surface area contributed by atoms with Crippen LogP contribution in [0.1, 0.15) is 51.8 Å². The van der Waals surface area contributed by atoms with Gasteiger partial charge in [0.15, 0.2) is 6.61 Å². The number of benzene rings is 2. The molecule has 0 spiro atoms. The molecular weight excluding hydrogens is 372 g/mol. The number of anilines is 1. The lowest BCUT2D eigenvalue weighted by atomic mass is 10.1. The minimum atomic E-state index is -0.712. The van der Waals surface area contributed by atoms with Crippen molar-refractivity contribution in [1.29, 1.82) is 0 Å². The molecule has 2 aromatic rings. The molecule has 3 amide bonds. The second kappa shape index (κ2) is 8.26. The summed E-state index contributed by atoms with van der Waals surface area (Å²) in [6.45, 7) is 5.41. The Kier molecular flexibility index (Phi) is 5.77. The zero-order valence-electron chi connectivity index (χ0n) is 16.5. The zero-order chi connectivity index (χ0) is 21.1. The van der Waals surface area contributed by atoms with Crippen molar-refractivity contribution in [2.24, 2.45) is 5.92 Å². The number of hydrogen-bond acceptors (Lipinski definition) is 5. The van der Waals surface area contributed by atoms with E-state index in [1.165, 1.54) is 12.1 Å². The molecule has 1 aliphatic rings. The first-order valence-corrected chi connectivity index (χ1v) is 9.34. The number of nitrogens with zero attached hydrogens (tertiary/aromatic N) is 1. The van der Waals surface area contributed by atoms with Crippen molar-refractivity contribution in [3.05, 3.63) is 65.2 Å². The van der Waals surface area contributed by atoms with Gasteiger partial charge in [-0.1, -0.05) is 32.0 Å². The van der Waals surface area contributed by atoms with Gasteiger partial charge in [-0.05, 0) is 43.2 Å². The van der Waals surface area contributed by atoms with E-state index in [0.717, 1.165) is 4.90 Å². The number of amides is 3. The quantitative estimate of drug-likeness (QED) is 0.601. The Balaban J connectivity index is 1.70. The Morgan fingerprint density at radius 1 is 0.966 bits per heavy atom. The SMILES string of the molecule is CC(C)[C@H](C)NC(=O)COC(=O)c1cccc(N2C(=O)c3ccccc3C2=O)c1. The van der Waals surface area contributed by atoms with E-state index in [1.807, 2.05) is 20.8 Å². The number of imide groups is 1. The smallest absolute Gasteiger partial charge is 0.338 e. The van der Waals surface area contributed by atoms with Gasteiger partial charge < -0.3 is 10.1 Å². The second-order valence-corrected chi connectivity index (χ2v) is 7.22. The van der Waals surface area contributed by atoms with E-state index in [2.05, 4.69) is 5.32 Å². The molecule has 29 heavy (non-hydrogen) atoms. The fourth-order valence-corrected chi connectivity index (χ4v) is 2.87. The number of hydrogen-bond donors (Lipinski definition) is 1. The van der Waals surface area contributed by atoms with Crippen molar-refractivity contribution >= 4 is 29.4 Å². The van der Waals surface area contributed by atoms with Crippen LogP contribution in [0, 0.1) is 5.92 Å². The lowest BCUT2D eigenvalue weighted by molar-refractivity contribution is -0.125. The molecule has 1 heterocycles. The Bertz CT molecular complexity index is 948. The highest BCUT2D eigenvalue weighted by atomic mass is 16.5. The highest BCUT2D eigenvalue weighted by Gasteiger charge is 2.36. The van der Waals surface area contributed by atoms with E-state index in [0.29, 0.717) is 11.1 Å². The van der Waals surface area contributed by atoms with Crippen molar-refractivity contribution in [3.8, 4) is 0 Å². The molecule has 7 nitrogen and oxygen atoms in total. The van der Waals surface area contributed by atoms with Crippen molar-refractivity contribution in [1.82, 2.24) is 5.32 Å². The highest BCUT2D eigenvalue weighted by Crippen LogP contribution is 2.28. The fourth-order valence-electron chi connectivity index (χ4n) is 2.87. The molecule has 3 rings (SSSR count). The van der Waals surface area contributed by atoms with Gasteiger partial charge in [0.2, 0.25) is 0 Å². The average molecular weight is 394 g/mol. The Labute approximate surface area is 168 Å². The number of fused-ring (bicyclic) bond motifs is 1. The molecule has 0 radical (unpaired) electrons. The molecule has 0 aromatic heterocycles. The maximum absolute atomic E-state index is 12.6. The third kappa shape index (κ3) is 4.18. The van der Waals surface area contributed by atoms with Crippen LogP contribution in [0.3, 0.4) is 0 Å². The van der Waals surface area contributed by atoms with Gasteiger partial charge in [-0.25, -0.2) is 9.69 Å². The first-order chi connectivity index (χ1) is 13.8. The Hall–Kier alpha value is -3.48. The summed E-state index contributed by atoms with van der Waals surface area (Å²) >= 11 is 0. The van der Waals surface area contributed by atoms with Crippen LogP contribution >= 0.6 is 0 Å². The number of rotatable bonds is 6. The van der Waals surface area contributed by atoms with Crippen molar-refractivity contribution in [3.63, 3.8) is 0 Å². The molecule has 150 valence electrons. The topological polar surface area (TPSA) is 92.8 Å². The summed E-state index contributed by atoms with van der Waals surface area (Å²) in [5.74, 6) is -1.74. The van der Waals surface area contributed by atoms with E-state index >= 15 is 0 Å². The van der Waals surface area contributed by atoms with Gasteiger partial charge in [0.05, 0.1) is 22.4 Å². The fraction of sp³-hybridized carbons (Fsp3) is 0.273. The third-order valence-corrected chi connectivity index (χ3v) is 4.86. The third-order valence-electron chi connectivity index (χ3n) is 4.86. The van der Waals surface area contributed by atoms with Crippen molar-refractivity contribution in [2.75, 3.05) is 11.5 Å². The number of ether oxygens (including phenoxy) is 1. The minimum absolute atomic E-state index is 0.0432. The predicted molar refractivity (Wildman–Crippen MR) is 107 cm³/mol. The molecular formula is C22H22N2O5. The summed E-state index contributed by atoms with van der Waals surface area (Å²) in [4.78, 5) is 50.4. The van der Waals surface area contributed by atoms with Crippen LogP contribution in [0.15, 0.2) is 48.5 Å².